The predicted octanol–water partition coefficient (Wildman–Crippen LogP) is 0.408. The standard InChI is InChI=1S/C10H13N5O2/c1-3-17-9(16)5-11-8-4-7(2)14-10-12-6-13-15(8)10/h4,6,11H,3,5H2,1-2H3. The molecule has 0 spiro atoms. The van der Waals surface area contributed by atoms with Gasteiger partial charge in [-0.3, -0.25) is 4.79 Å². The molecule has 2 rings (SSSR count). The van der Waals surface area contributed by atoms with Gasteiger partial charge in [-0.05, 0) is 13.8 Å². The van der Waals surface area contributed by atoms with Gasteiger partial charge in [0, 0.05) is 11.8 Å². The fourth-order valence-corrected chi connectivity index (χ4v) is 1.43. The van der Waals surface area contributed by atoms with Gasteiger partial charge in [0.05, 0.1) is 6.61 Å². The second-order valence-corrected chi connectivity index (χ2v) is 3.41. The first kappa shape index (κ1) is 11.3. The van der Waals surface area contributed by atoms with Gasteiger partial charge >= 0.3 is 5.97 Å². The highest BCUT2D eigenvalue weighted by Gasteiger charge is 2.07. The molecule has 17 heavy (non-hydrogen) atoms. The highest BCUT2D eigenvalue weighted by molar-refractivity contribution is 5.74. The molecule has 7 heteroatoms. The van der Waals surface area contributed by atoms with E-state index in [2.05, 4.69) is 20.4 Å². The van der Waals surface area contributed by atoms with Gasteiger partial charge in [-0.25, -0.2) is 4.98 Å². The second-order valence-electron chi connectivity index (χ2n) is 3.41. The number of hydrogen-bond acceptors (Lipinski definition) is 6. The molecule has 0 saturated carbocycles. The second kappa shape index (κ2) is 4.77. The minimum absolute atomic E-state index is 0.0895. The number of aromatic nitrogens is 4. The van der Waals surface area contributed by atoms with Gasteiger partial charge in [-0.2, -0.15) is 14.6 Å². The molecule has 2 aromatic heterocycles. The van der Waals surface area contributed by atoms with E-state index in [-0.39, 0.29) is 12.5 Å². The minimum atomic E-state index is -0.310. The number of anilines is 1. The average molecular weight is 235 g/mol. The Kier molecular flexibility index (Phi) is 3.17. The Balaban J connectivity index is 2.17. The van der Waals surface area contributed by atoms with Crippen molar-refractivity contribution in [3.8, 4) is 0 Å². The van der Waals surface area contributed by atoms with Crippen molar-refractivity contribution in [1.82, 2.24) is 19.6 Å². The molecule has 0 bridgehead atoms. The number of aryl methyl sites for hydroxylation is 1. The third-order valence-electron chi connectivity index (χ3n) is 2.10. The molecular formula is C10H13N5O2. The summed E-state index contributed by atoms with van der Waals surface area (Å²) in [5, 5.41) is 6.96. The molecule has 0 atom stereocenters. The van der Waals surface area contributed by atoms with Crippen LogP contribution in [0.3, 0.4) is 0 Å². The largest absolute Gasteiger partial charge is 0.465 e. The van der Waals surface area contributed by atoms with Crippen molar-refractivity contribution < 1.29 is 9.53 Å². The summed E-state index contributed by atoms with van der Waals surface area (Å²) in [6, 6.07) is 1.79. The van der Waals surface area contributed by atoms with Crippen LogP contribution < -0.4 is 5.32 Å². The lowest BCUT2D eigenvalue weighted by molar-refractivity contribution is -0.140. The molecule has 2 heterocycles. The molecule has 0 aliphatic heterocycles. The summed E-state index contributed by atoms with van der Waals surface area (Å²) in [7, 11) is 0. The first-order valence-electron chi connectivity index (χ1n) is 5.27. The summed E-state index contributed by atoms with van der Waals surface area (Å²) in [5.74, 6) is 0.852. The van der Waals surface area contributed by atoms with Crippen molar-refractivity contribution >= 4 is 17.6 Å². The van der Waals surface area contributed by atoms with E-state index >= 15 is 0 Å². The fraction of sp³-hybridized carbons (Fsp3) is 0.400. The monoisotopic (exact) mass is 235 g/mol. The number of carbonyl (C=O) groups is 1. The summed E-state index contributed by atoms with van der Waals surface area (Å²) in [5.41, 5.74) is 0.803. The van der Waals surface area contributed by atoms with E-state index in [0.717, 1.165) is 5.69 Å². The topological polar surface area (TPSA) is 81.4 Å². The maximum Gasteiger partial charge on any atom is 0.325 e. The van der Waals surface area contributed by atoms with Crippen LogP contribution in [0.5, 0.6) is 0 Å². The molecule has 0 radical (unpaired) electrons. The van der Waals surface area contributed by atoms with Crippen LogP contribution in [0.1, 0.15) is 12.6 Å². The van der Waals surface area contributed by atoms with Crippen molar-refractivity contribution in [1.29, 1.82) is 0 Å². The van der Waals surface area contributed by atoms with Crippen LogP contribution in [0, 0.1) is 6.92 Å². The zero-order valence-corrected chi connectivity index (χ0v) is 9.67. The lowest BCUT2D eigenvalue weighted by Crippen LogP contribution is -2.18. The molecule has 1 N–H and O–H groups in total. The first-order chi connectivity index (χ1) is 8.20. The molecule has 0 saturated heterocycles. The van der Waals surface area contributed by atoms with Crippen LogP contribution in [0.4, 0.5) is 5.82 Å². The zero-order valence-electron chi connectivity index (χ0n) is 9.67. The molecule has 2 aromatic rings. The average Bonchev–Trinajstić information content (AvgIpc) is 2.74. The van der Waals surface area contributed by atoms with Gasteiger partial charge < -0.3 is 10.1 Å². The number of nitrogens with zero attached hydrogens (tertiary/aromatic N) is 4. The van der Waals surface area contributed by atoms with E-state index in [0.29, 0.717) is 18.2 Å². The van der Waals surface area contributed by atoms with Gasteiger partial charge in [-0.1, -0.05) is 0 Å². The number of carbonyl (C=O) groups excluding carboxylic acids is 1. The highest BCUT2D eigenvalue weighted by Crippen LogP contribution is 2.09. The molecule has 0 aromatic carbocycles. The van der Waals surface area contributed by atoms with Crippen molar-refractivity contribution in [2.24, 2.45) is 0 Å². The molecule has 90 valence electrons. The Hall–Kier alpha value is -2.18. The number of rotatable bonds is 4. The van der Waals surface area contributed by atoms with E-state index in [4.69, 9.17) is 4.74 Å². The molecule has 0 unspecified atom stereocenters. The summed E-state index contributed by atoms with van der Waals surface area (Å²) in [6.45, 7) is 4.08. The number of nitrogens with one attached hydrogen (secondary N) is 1. The van der Waals surface area contributed by atoms with Crippen LogP contribution in [0.15, 0.2) is 12.4 Å². The van der Waals surface area contributed by atoms with Crippen LogP contribution in [0.2, 0.25) is 0 Å². The predicted molar refractivity (Wildman–Crippen MR) is 60.6 cm³/mol. The fourth-order valence-electron chi connectivity index (χ4n) is 1.43. The third kappa shape index (κ3) is 2.49. The van der Waals surface area contributed by atoms with Gasteiger partial charge in [0.15, 0.2) is 0 Å². The summed E-state index contributed by atoms with van der Waals surface area (Å²) in [4.78, 5) is 19.4. The molecule has 0 aliphatic carbocycles. The van der Waals surface area contributed by atoms with Crippen molar-refractivity contribution in [3.05, 3.63) is 18.1 Å². The third-order valence-corrected chi connectivity index (χ3v) is 2.10. The number of ether oxygens (including phenoxy) is 1. The van der Waals surface area contributed by atoms with Gasteiger partial charge in [-0.15, -0.1) is 0 Å². The van der Waals surface area contributed by atoms with E-state index in [1.165, 1.54) is 10.8 Å². The minimum Gasteiger partial charge on any atom is -0.465 e. The molecule has 7 nitrogen and oxygen atoms in total. The number of hydrogen-bond donors (Lipinski definition) is 1. The number of esters is 1. The summed E-state index contributed by atoms with van der Waals surface area (Å²) >= 11 is 0. The SMILES string of the molecule is CCOC(=O)CNc1cc(C)nc2ncnn12. The summed E-state index contributed by atoms with van der Waals surface area (Å²) in [6.07, 6.45) is 1.41. The Morgan fingerprint density at radius 2 is 2.41 bits per heavy atom. The smallest absolute Gasteiger partial charge is 0.325 e. The van der Waals surface area contributed by atoms with Crippen LogP contribution in [-0.4, -0.2) is 38.7 Å². The van der Waals surface area contributed by atoms with E-state index < -0.39 is 0 Å². The van der Waals surface area contributed by atoms with Crippen LogP contribution in [0.25, 0.3) is 5.78 Å². The maximum atomic E-state index is 11.2. The van der Waals surface area contributed by atoms with Gasteiger partial charge in [0.2, 0.25) is 0 Å². The van der Waals surface area contributed by atoms with Crippen LogP contribution >= 0.6 is 0 Å². The Morgan fingerprint density at radius 3 is 3.18 bits per heavy atom. The van der Waals surface area contributed by atoms with E-state index in [1.807, 2.05) is 6.92 Å². The normalized spacial score (nSPS) is 10.5. The van der Waals surface area contributed by atoms with E-state index in [1.54, 1.807) is 13.0 Å². The lowest BCUT2D eigenvalue weighted by atomic mass is 10.4. The quantitative estimate of drug-likeness (QED) is 0.773. The maximum absolute atomic E-state index is 11.2. The van der Waals surface area contributed by atoms with Crippen molar-refractivity contribution in [3.63, 3.8) is 0 Å². The molecule has 0 amide bonds. The van der Waals surface area contributed by atoms with E-state index in [9.17, 15) is 4.79 Å². The van der Waals surface area contributed by atoms with Crippen molar-refractivity contribution in [2.45, 2.75) is 13.8 Å². The number of fused-ring (bicyclic) bond motifs is 1. The summed E-state index contributed by atoms with van der Waals surface area (Å²) < 4.78 is 6.36. The van der Waals surface area contributed by atoms with Crippen molar-refractivity contribution in [2.75, 3.05) is 18.5 Å². The lowest BCUT2D eigenvalue weighted by Gasteiger charge is -2.07. The Morgan fingerprint density at radius 1 is 1.59 bits per heavy atom. The Bertz CT molecular complexity index is 536. The molecule has 0 fully saturated rings. The zero-order chi connectivity index (χ0) is 12.3. The van der Waals surface area contributed by atoms with Gasteiger partial charge in [0.1, 0.15) is 18.7 Å². The van der Waals surface area contributed by atoms with Gasteiger partial charge in [0.25, 0.3) is 5.78 Å². The Labute approximate surface area is 97.8 Å². The van der Waals surface area contributed by atoms with Crippen LogP contribution in [-0.2, 0) is 9.53 Å². The highest BCUT2D eigenvalue weighted by atomic mass is 16.5. The molecular weight excluding hydrogens is 222 g/mol. The first-order valence-corrected chi connectivity index (χ1v) is 5.27. The molecule has 0 aliphatic rings.